The van der Waals surface area contributed by atoms with Crippen molar-refractivity contribution in [1.82, 2.24) is 0 Å². The minimum atomic E-state index is -0.946. The third-order valence-electron chi connectivity index (χ3n) is 4.49. The maximum absolute atomic E-state index is 12.8. The molecule has 7 heteroatoms. The summed E-state index contributed by atoms with van der Waals surface area (Å²) >= 11 is 0. The quantitative estimate of drug-likeness (QED) is 0.639. The van der Waals surface area contributed by atoms with Crippen molar-refractivity contribution in [2.45, 2.75) is 32.3 Å². The first-order valence-corrected chi connectivity index (χ1v) is 9.40. The van der Waals surface area contributed by atoms with Gasteiger partial charge in [-0.1, -0.05) is 24.3 Å². The van der Waals surface area contributed by atoms with Crippen LogP contribution in [0.15, 0.2) is 48.5 Å². The molecule has 1 heterocycles. The number of hydrogen-bond acceptors (Lipinski definition) is 6. The summed E-state index contributed by atoms with van der Waals surface area (Å²) in [4.78, 5) is 26.5. The summed E-state index contributed by atoms with van der Waals surface area (Å²) in [6.45, 7) is 1.98. The van der Waals surface area contributed by atoms with Gasteiger partial charge in [0.2, 0.25) is 6.79 Å². The predicted molar refractivity (Wildman–Crippen MR) is 105 cm³/mol. The van der Waals surface area contributed by atoms with E-state index in [1.165, 1.54) is 4.90 Å². The van der Waals surface area contributed by atoms with Crippen LogP contribution >= 0.6 is 0 Å². The van der Waals surface area contributed by atoms with Gasteiger partial charge in [-0.15, -0.1) is 0 Å². The molecule has 0 N–H and O–H groups in total. The van der Waals surface area contributed by atoms with E-state index in [-0.39, 0.29) is 32.1 Å². The smallest absolute Gasteiger partial charge is 0.306 e. The fraction of sp³-hybridized carbons (Fsp3) is 0.318. The molecule has 1 unspecified atom stereocenters. The molecule has 2 aromatic rings. The van der Waals surface area contributed by atoms with Crippen molar-refractivity contribution in [1.29, 1.82) is 5.26 Å². The Labute approximate surface area is 169 Å². The summed E-state index contributed by atoms with van der Waals surface area (Å²) in [5.41, 5.74) is 1.58. The second-order valence-electron chi connectivity index (χ2n) is 6.55. The summed E-state index contributed by atoms with van der Waals surface area (Å²) in [5.74, 6) is 0.531. The lowest BCUT2D eigenvalue weighted by Crippen LogP contribution is -2.40. The molecule has 0 bridgehead atoms. The molecule has 0 spiro atoms. The Morgan fingerprint density at radius 2 is 1.93 bits per heavy atom. The summed E-state index contributed by atoms with van der Waals surface area (Å²) in [6.07, 6.45) is -0.155. The highest BCUT2D eigenvalue weighted by atomic mass is 16.7. The molecule has 7 nitrogen and oxygen atoms in total. The maximum Gasteiger partial charge on any atom is 0.306 e. The van der Waals surface area contributed by atoms with Gasteiger partial charge in [0.25, 0.3) is 5.91 Å². The first kappa shape index (κ1) is 20.2. The Morgan fingerprint density at radius 3 is 2.69 bits per heavy atom. The number of nitrogens with zero attached hydrogens (tertiary/aromatic N) is 2. The second kappa shape index (κ2) is 9.60. The van der Waals surface area contributed by atoms with E-state index in [4.69, 9.17) is 19.5 Å². The summed E-state index contributed by atoms with van der Waals surface area (Å²) in [7, 11) is 0. The van der Waals surface area contributed by atoms with E-state index in [9.17, 15) is 9.59 Å². The van der Waals surface area contributed by atoms with Crippen molar-refractivity contribution in [2.24, 2.45) is 0 Å². The Bertz CT molecular complexity index is 907. The van der Waals surface area contributed by atoms with Gasteiger partial charge in [0.15, 0.2) is 17.6 Å². The van der Waals surface area contributed by atoms with E-state index in [1.54, 1.807) is 19.1 Å². The van der Waals surface area contributed by atoms with Gasteiger partial charge in [-0.3, -0.25) is 9.59 Å². The van der Waals surface area contributed by atoms with Crippen LogP contribution in [0.3, 0.4) is 0 Å². The van der Waals surface area contributed by atoms with Crippen molar-refractivity contribution in [3.05, 3.63) is 54.1 Å². The minimum absolute atomic E-state index is 0.140. The molecule has 2 aromatic carbocycles. The van der Waals surface area contributed by atoms with Gasteiger partial charge in [0.05, 0.1) is 12.5 Å². The molecule has 150 valence electrons. The van der Waals surface area contributed by atoms with Gasteiger partial charge in [-0.05, 0) is 43.2 Å². The number of amides is 1. The number of rotatable bonds is 8. The van der Waals surface area contributed by atoms with Gasteiger partial charge >= 0.3 is 5.97 Å². The van der Waals surface area contributed by atoms with Gasteiger partial charge < -0.3 is 19.1 Å². The van der Waals surface area contributed by atoms with Gasteiger partial charge in [0, 0.05) is 18.7 Å². The van der Waals surface area contributed by atoms with Crippen molar-refractivity contribution in [3.63, 3.8) is 0 Å². The zero-order chi connectivity index (χ0) is 20.6. The van der Waals surface area contributed by atoms with Gasteiger partial charge in [-0.25, -0.2) is 0 Å². The highest BCUT2D eigenvalue weighted by Crippen LogP contribution is 2.32. The van der Waals surface area contributed by atoms with Crippen LogP contribution in [0.25, 0.3) is 0 Å². The minimum Gasteiger partial charge on any atom is -0.454 e. The number of anilines is 1. The topological polar surface area (TPSA) is 88.9 Å². The molecule has 0 aromatic heterocycles. The highest BCUT2D eigenvalue weighted by Gasteiger charge is 2.25. The fourth-order valence-corrected chi connectivity index (χ4v) is 3.01. The van der Waals surface area contributed by atoms with Crippen LogP contribution in [0.2, 0.25) is 0 Å². The number of hydrogen-bond donors (Lipinski definition) is 0. The molecular weight excluding hydrogens is 372 g/mol. The van der Waals surface area contributed by atoms with Crippen molar-refractivity contribution >= 4 is 17.6 Å². The predicted octanol–water partition coefficient (Wildman–Crippen LogP) is 3.23. The first-order chi connectivity index (χ1) is 14.1. The lowest BCUT2D eigenvalue weighted by atomic mass is 10.1. The average molecular weight is 394 g/mol. The molecule has 0 fully saturated rings. The number of ether oxygens (including phenoxy) is 3. The number of para-hydroxylation sites is 1. The van der Waals surface area contributed by atoms with Crippen LogP contribution in [-0.2, 0) is 20.7 Å². The molecule has 0 saturated carbocycles. The van der Waals surface area contributed by atoms with Crippen molar-refractivity contribution in [3.8, 4) is 17.6 Å². The lowest BCUT2D eigenvalue weighted by molar-refractivity contribution is -0.153. The van der Waals surface area contributed by atoms with E-state index in [1.807, 2.05) is 42.5 Å². The lowest BCUT2D eigenvalue weighted by Gasteiger charge is -2.25. The Morgan fingerprint density at radius 1 is 1.17 bits per heavy atom. The Balaban J connectivity index is 1.56. The van der Waals surface area contributed by atoms with Crippen LogP contribution in [0.5, 0.6) is 11.5 Å². The molecule has 0 saturated heterocycles. The molecule has 1 aliphatic heterocycles. The number of nitriles is 1. The molecule has 3 rings (SSSR count). The number of fused-ring (bicyclic) bond motifs is 1. The Kier molecular flexibility index (Phi) is 6.69. The fourth-order valence-electron chi connectivity index (χ4n) is 3.01. The highest BCUT2D eigenvalue weighted by molar-refractivity contribution is 5.97. The van der Waals surface area contributed by atoms with Crippen LogP contribution in [0.4, 0.5) is 5.69 Å². The normalized spacial score (nSPS) is 12.7. The molecule has 1 atom stereocenters. The van der Waals surface area contributed by atoms with Crippen molar-refractivity contribution in [2.75, 3.05) is 18.2 Å². The summed E-state index contributed by atoms with van der Waals surface area (Å²) in [6, 6.07) is 16.6. The summed E-state index contributed by atoms with van der Waals surface area (Å²) in [5, 5.41) is 8.87. The molecular formula is C22H22N2O5. The number of aryl methyl sites for hydroxylation is 1. The zero-order valence-electron chi connectivity index (χ0n) is 16.2. The molecule has 1 amide bonds. The Hall–Kier alpha value is -3.53. The molecule has 29 heavy (non-hydrogen) atoms. The number of carbonyl (C=O) groups is 2. The van der Waals surface area contributed by atoms with Crippen LogP contribution in [-0.4, -0.2) is 31.3 Å². The monoisotopic (exact) mass is 394 g/mol. The standard InChI is InChI=1S/C22H22N2O5/c1-16(22(26)24(13-5-12-23)18-6-3-2-4-7-18)29-21(25)11-9-17-8-10-19-20(14-17)28-15-27-19/h2-4,6-8,10,14,16H,5,9,11,13,15H2,1H3. The molecule has 1 aliphatic rings. The third kappa shape index (κ3) is 5.26. The largest absolute Gasteiger partial charge is 0.454 e. The average Bonchev–Trinajstić information content (AvgIpc) is 3.21. The van der Waals surface area contributed by atoms with E-state index in [0.717, 1.165) is 5.56 Å². The number of carbonyl (C=O) groups excluding carboxylic acids is 2. The maximum atomic E-state index is 12.8. The van der Waals surface area contributed by atoms with Gasteiger partial charge in [-0.2, -0.15) is 5.26 Å². The molecule has 0 radical (unpaired) electrons. The third-order valence-corrected chi connectivity index (χ3v) is 4.49. The zero-order valence-corrected chi connectivity index (χ0v) is 16.2. The number of esters is 1. The van der Waals surface area contributed by atoms with E-state index in [2.05, 4.69) is 0 Å². The van der Waals surface area contributed by atoms with Crippen molar-refractivity contribution < 1.29 is 23.8 Å². The number of benzene rings is 2. The van der Waals surface area contributed by atoms with E-state index in [0.29, 0.717) is 23.6 Å². The van der Waals surface area contributed by atoms with Crippen LogP contribution in [0, 0.1) is 11.3 Å². The first-order valence-electron chi connectivity index (χ1n) is 9.40. The van der Waals surface area contributed by atoms with Gasteiger partial charge in [0.1, 0.15) is 0 Å². The molecule has 0 aliphatic carbocycles. The van der Waals surface area contributed by atoms with Crippen LogP contribution in [0.1, 0.15) is 25.3 Å². The summed E-state index contributed by atoms with van der Waals surface area (Å²) < 4.78 is 15.9. The SMILES string of the molecule is CC(OC(=O)CCc1ccc2c(c1)OCO2)C(=O)N(CCC#N)c1ccccc1. The van der Waals surface area contributed by atoms with E-state index >= 15 is 0 Å². The second-order valence-corrected chi connectivity index (χ2v) is 6.55. The van der Waals surface area contributed by atoms with E-state index < -0.39 is 12.1 Å². The van der Waals surface area contributed by atoms with Crippen LogP contribution < -0.4 is 14.4 Å².